The van der Waals surface area contributed by atoms with Gasteiger partial charge in [0, 0.05) is 35.5 Å². The summed E-state index contributed by atoms with van der Waals surface area (Å²) in [6.07, 6.45) is 1.05. The van der Waals surface area contributed by atoms with E-state index < -0.39 is 0 Å². The van der Waals surface area contributed by atoms with Crippen LogP contribution < -0.4 is 5.73 Å². The van der Waals surface area contributed by atoms with Crippen molar-refractivity contribution in [2.24, 2.45) is 5.73 Å². The fourth-order valence-electron chi connectivity index (χ4n) is 2.20. The first-order valence-electron chi connectivity index (χ1n) is 5.93. The molecule has 1 aliphatic rings. The van der Waals surface area contributed by atoms with Gasteiger partial charge in [0.15, 0.2) is 0 Å². The molecule has 16 heavy (non-hydrogen) atoms. The second-order valence-corrected chi connectivity index (χ2v) is 6.38. The Balaban J connectivity index is 2.13. The van der Waals surface area contributed by atoms with Crippen molar-refractivity contribution in [2.75, 3.05) is 24.6 Å². The summed E-state index contributed by atoms with van der Waals surface area (Å²) in [4.78, 5) is 4.00. The van der Waals surface area contributed by atoms with Crippen LogP contribution in [0.25, 0.3) is 0 Å². The van der Waals surface area contributed by atoms with Crippen LogP contribution in [0.15, 0.2) is 17.5 Å². The van der Waals surface area contributed by atoms with Gasteiger partial charge in [-0.1, -0.05) is 13.0 Å². The number of nitrogens with two attached hydrogens (primary N) is 1. The molecule has 90 valence electrons. The van der Waals surface area contributed by atoms with Gasteiger partial charge < -0.3 is 5.73 Å². The molecule has 2 unspecified atom stereocenters. The average Bonchev–Trinajstić information content (AvgIpc) is 2.84. The molecule has 1 aliphatic heterocycles. The van der Waals surface area contributed by atoms with Crippen LogP contribution in [0.1, 0.15) is 24.3 Å². The van der Waals surface area contributed by atoms with Crippen molar-refractivity contribution in [1.82, 2.24) is 4.90 Å². The van der Waals surface area contributed by atoms with Gasteiger partial charge in [-0.3, -0.25) is 4.90 Å². The molecule has 2 N–H and O–H groups in total. The fourth-order valence-corrected chi connectivity index (χ4v) is 4.07. The lowest BCUT2D eigenvalue weighted by molar-refractivity contribution is 0.189. The zero-order valence-electron chi connectivity index (χ0n) is 9.76. The lowest BCUT2D eigenvalue weighted by Crippen LogP contribution is -2.44. The van der Waals surface area contributed by atoms with Crippen LogP contribution in [0.2, 0.25) is 0 Å². The summed E-state index contributed by atoms with van der Waals surface area (Å²) in [7, 11) is 0. The first-order valence-corrected chi connectivity index (χ1v) is 7.97. The van der Waals surface area contributed by atoms with Gasteiger partial charge in [-0.15, -0.1) is 11.3 Å². The quantitative estimate of drug-likeness (QED) is 0.898. The second kappa shape index (κ2) is 6.05. The third kappa shape index (κ3) is 2.80. The van der Waals surface area contributed by atoms with Gasteiger partial charge >= 0.3 is 0 Å². The maximum Gasteiger partial charge on any atom is 0.0593 e. The van der Waals surface area contributed by atoms with E-state index in [1.165, 1.54) is 29.5 Å². The van der Waals surface area contributed by atoms with E-state index in [1.54, 1.807) is 0 Å². The molecule has 1 fully saturated rings. The van der Waals surface area contributed by atoms with E-state index in [1.807, 2.05) is 11.3 Å². The van der Waals surface area contributed by atoms with E-state index >= 15 is 0 Å². The molecule has 2 rings (SSSR count). The largest absolute Gasteiger partial charge is 0.326 e. The number of thioether (sulfide) groups is 1. The van der Waals surface area contributed by atoms with Crippen molar-refractivity contribution in [3.63, 3.8) is 0 Å². The number of rotatable bonds is 4. The highest BCUT2D eigenvalue weighted by Gasteiger charge is 2.27. The van der Waals surface area contributed by atoms with Crippen molar-refractivity contribution in [2.45, 2.75) is 25.4 Å². The Bertz CT molecular complexity index is 294. The van der Waals surface area contributed by atoms with Crippen LogP contribution in [0.4, 0.5) is 0 Å². The first kappa shape index (κ1) is 12.4. The molecule has 0 saturated carbocycles. The Kier molecular flexibility index (Phi) is 4.70. The predicted molar refractivity (Wildman–Crippen MR) is 74.2 cm³/mol. The molecule has 2 atom stereocenters. The smallest absolute Gasteiger partial charge is 0.0593 e. The van der Waals surface area contributed by atoms with Crippen molar-refractivity contribution in [1.29, 1.82) is 0 Å². The molecule has 2 nitrogen and oxygen atoms in total. The van der Waals surface area contributed by atoms with Crippen molar-refractivity contribution < 1.29 is 0 Å². The molecule has 0 bridgehead atoms. The topological polar surface area (TPSA) is 29.3 Å². The molecule has 0 amide bonds. The minimum atomic E-state index is 0.266. The Morgan fingerprint density at radius 2 is 2.19 bits per heavy atom. The molecule has 0 aliphatic carbocycles. The van der Waals surface area contributed by atoms with E-state index in [4.69, 9.17) is 5.73 Å². The number of hydrogen-bond donors (Lipinski definition) is 1. The molecule has 1 saturated heterocycles. The Hall–Kier alpha value is -0.0300. The van der Waals surface area contributed by atoms with E-state index in [-0.39, 0.29) is 6.04 Å². The van der Waals surface area contributed by atoms with E-state index in [0.29, 0.717) is 6.04 Å². The number of nitrogens with zero attached hydrogens (tertiary/aromatic N) is 1. The summed E-state index contributed by atoms with van der Waals surface area (Å²) in [6, 6.07) is 5.06. The van der Waals surface area contributed by atoms with Crippen molar-refractivity contribution in [3.8, 4) is 0 Å². The molecular formula is C12H20N2S2. The van der Waals surface area contributed by atoms with Crippen LogP contribution in [0.3, 0.4) is 0 Å². The fraction of sp³-hybridized carbons (Fsp3) is 0.667. The van der Waals surface area contributed by atoms with Gasteiger partial charge in [-0.2, -0.15) is 11.8 Å². The molecule has 0 aromatic carbocycles. The van der Waals surface area contributed by atoms with Crippen LogP contribution >= 0.6 is 23.1 Å². The molecule has 1 aromatic rings. The van der Waals surface area contributed by atoms with Crippen LogP contribution in [-0.4, -0.2) is 35.5 Å². The number of hydrogen-bond acceptors (Lipinski definition) is 4. The molecule has 1 aromatic heterocycles. The third-order valence-electron chi connectivity index (χ3n) is 3.15. The van der Waals surface area contributed by atoms with E-state index in [0.717, 1.165) is 6.42 Å². The molecule has 0 radical (unpaired) electrons. The summed E-state index contributed by atoms with van der Waals surface area (Å²) in [5.74, 6) is 2.50. The SMILES string of the molecule is CCC(N)C(c1cccs1)N1CCSCC1. The van der Waals surface area contributed by atoms with Gasteiger partial charge in [-0.05, 0) is 17.9 Å². The van der Waals surface area contributed by atoms with Crippen LogP contribution in [0, 0.1) is 0 Å². The first-order chi connectivity index (χ1) is 7.83. The van der Waals surface area contributed by atoms with E-state index in [2.05, 4.69) is 41.1 Å². The average molecular weight is 256 g/mol. The minimum absolute atomic E-state index is 0.266. The monoisotopic (exact) mass is 256 g/mol. The normalized spacial score (nSPS) is 21.9. The predicted octanol–water partition coefficient (Wildman–Crippen LogP) is 2.58. The zero-order chi connectivity index (χ0) is 11.4. The zero-order valence-corrected chi connectivity index (χ0v) is 11.4. The van der Waals surface area contributed by atoms with Crippen LogP contribution in [0.5, 0.6) is 0 Å². The second-order valence-electron chi connectivity index (χ2n) is 4.18. The minimum Gasteiger partial charge on any atom is -0.326 e. The highest BCUT2D eigenvalue weighted by atomic mass is 32.2. The Morgan fingerprint density at radius 3 is 2.75 bits per heavy atom. The third-order valence-corrected chi connectivity index (χ3v) is 5.04. The highest BCUT2D eigenvalue weighted by Crippen LogP contribution is 2.30. The Labute approximate surface area is 106 Å². The molecule has 4 heteroatoms. The maximum atomic E-state index is 6.30. The summed E-state index contributed by atoms with van der Waals surface area (Å²) in [5.41, 5.74) is 6.30. The Morgan fingerprint density at radius 1 is 1.44 bits per heavy atom. The molecular weight excluding hydrogens is 236 g/mol. The lowest BCUT2D eigenvalue weighted by atomic mass is 10.0. The van der Waals surface area contributed by atoms with Gasteiger partial charge in [-0.25, -0.2) is 0 Å². The standard InChI is InChI=1S/C12H20N2S2/c1-2-10(13)12(11-4-3-7-16-11)14-5-8-15-9-6-14/h3-4,7,10,12H,2,5-6,8-9,13H2,1H3. The summed E-state index contributed by atoms with van der Waals surface area (Å²) in [5, 5.41) is 2.16. The maximum absolute atomic E-state index is 6.30. The summed E-state index contributed by atoms with van der Waals surface area (Å²) >= 11 is 3.89. The highest BCUT2D eigenvalue weighted by molar-refractivity contribution is 7.99. The summed E-state index contributed by atoms with van der Waals surface area (Å²) in [6.45, 7) is 4.55. The van der Waals surface area contributed by atoms with Crippen LogP contribution in [-0.2, 0) is 0 Å². The van der Waals surface area contributed by atoms with Gasteiger partial charge in [0.2, 0.25) is 0 Å². The van der Waals surface area contributed by atoms with E-state index in [9.17, 15) is 0 Å². The van der Waals surface area contributed by atoms with Gasteiger partial charge in [0.05, 0.1) is 6.04 Å². The van der Waals surface area contributed by atoms with Crippen molar-refractivity contribution in [3.05, 3.63) is 22.4 Å². The van der Waals surface area contributed by atoms with Gasteiger partial charge in [0.1, 0.15) is 0 Å². The lowest BCUT2D eigenvalue weighted by Gasteiger charge is -2.36. The summed E-state index contributed by atoms with van der Waals surface area (Å²) < 4.78 is 0. The molecule has 2 heterocycles. The van der Waals surface area contributed by atoms with Crippen molar-refractivity contribution >= 4 is 23.1 Å². The number of thiophene rings is 1. The van der Waals surface area contributed by atoms with Gasteiger partial charge in [0.25, 0.3) is 0 Å². The molecule has 0 spiro atoms.